The number of rotatable bonds is 6. The molecule has 0 fully saturated rings. The van der Waals surface area contributed by atoms with E-state index in [0.29, 0.717) is 21.9 Å². The minimum Gasteiger partial charge on any atom is -0.357 e. The summed E-state index contributed by atoms with van der Waals surface area (Å²) in [7, 11) is 0. The van der Waals surface area contributed by atoms with Gasteiger partial charge in [0.15, 0.2) is 15.4 Å². The van der Waals surface area contributed by atoms with Gasteiger partial charge in [-0.1, -0.05) is 71.5 Å². The number of thiazole rings is 1. The number of hydrogen-bond acceptors (Lipinski definition) is 5. The van der Waals surface area contributed by atoms with E-state index in [1.54, 1.807) is 6.21 Å². The molecule has 132 valence electrons. The zero-order valence-electron chi connectivity index (χ0n) is 13.6. The van der Waals surface area contributed by atoms with Crippen molar-refractivity contribution in [3.8, 4) is 0 Å². The molecule has 1 aromatic heterocycles. The topological polar surface area (TPSA) is 61.3 Å². The van der Waals surface area contributed by atoms with Crippen molar-refractivity contribution in [1.29, 1.82) is 0 Å². The molecule has 0 radical (unpaired) electrons. The fourth-order valence-corrected chi connectivity index (χ4v) is 3.23. The highest BCUT2D eigenvalue weighted by Crippen LogP contribution is 2.27. The van der Waals surface area contributed by atoms with Crippen LogP contribution in [0, 0.1) is 0 Å². The van der Waals surface area contributed by atoms with Gasteiger partial charge in [-0.2, -0.15) is 5.10 Å². The van der Waals surface area contributed by atoms with Gasteiger partial charge >= 0.3 is 0 Å². The molecule has 1 heterocycles. The predicted octanol–water partition coefficient (Wildman–Crippen LogP) is 4.54. The molecule has 0 spiro atoms. The van der Waals surface area contributed by atoms with Gasteiger partial charge in [0.2, 0.25) is 0 Å². The zero-order valence-corrected chi connectivity index (χ0v) is 16.0. The van der Waals surface area contributed by atoms with E-state index < -0.39 is 0 Å². The van der Waals surface area contributed by atoms with Crippen LogP contribution >= 0.6 is 35.2 Å². The molecule has 3 aromatic rings. The van der Waals surface area contributed by atoms with E-state index in [-0.39, 0.29) is 0 Å². The molecule has 2 aromatic carbocycles. The van der Waals surface area contributed by atoms with Crippen LogP contribution < -0.4 is 16.1 Å². The quantitative estimate of drug-likeness (QED) is 0.321. The lowest BCUT2D eigenvalue weighted by Crippen LogP contribution is -2.31. The summed E-state index contributed by atoms with van der Waals surface area (Å²) < 4.78 is 0. The Morgan fingerprint density at radius 2 is 1.81 bits per heavy atom. The SMILES string of the molecule is S=C(NCc1ccccc1)N/N=C/c1sc(Nc2ccccc2)nc1Cl. The second-order valence-corrected chi connectivity index (χ2v) is 7.00. The lowest BCUT2D eigenvalue weighted by atomic mass is 10.2. The third kappa shape index (κ3) is 5.52. The van der Waals surface area contributed by atoms with Gasteiger partial charge in [-0.3, -0.25) is 5.43 Å². The predicted molar refractivity (Wildman–Crippen MR) is 113 cm³/mol. The molecule has 0 aliphatic carbocycles. The average molecular weight is 402 g/mol. The van der Waals surface area contributed by atoms with Crippen LogP contribution in [0.3, 0.4) is 0 Å². The molecule has 8 heteroatoms. The minimum absolute atomic E-state index is 0.391. The normalized spacial score (nSPS) is 10.7. The Labute approximate surface area is 166 Å². The van der Waals surface area contributed by atoms with Crippen molar-refractivity contribution in [2.24, 2.45) is 5.10 Å². The number of hydrogen-bond donors (Lipinski definition) is 3. The molecule has 3 N–H and O–H groups in total. The highest BCUT2D eigenvalue weighted by Gasteiger charge is 2.07. The standard InChI is InChI=1S/C18H16ClN5S2/c19-16-15(26-18(23-16)22-14-9-5-2-6-10-14)12-21-24-17(25)20-11-13-7-3-1-4-8-13/h1-10,12H,11H2,(H,22,23)(H2,20,24,25)/b21-12+. The van der Waals surface area contributed by atoms with E-state index in [9.17, 15) is 0 Å². The Morgan fingerprint density at radius 3 is 2.54 bits per heavy atom. The highest BCUT2D eigenvalue weighted by molar-refractivity contribution is 7.80. The summed E-state index contributed by atoms with van der Waals surface area (Å²) in [6.07, 6.45) is 1.60. The van der Waals surface area contributed by atoms with Crippen LogP contribution in [0.2, 0.25) is 5.15 Å². The van der Waals surface area contributed by atoms with Gasteiger partial charge in [0.25, 0.3) is 0 Å². The summed E-state index contributed by atoms with van der Waals surface area (Å²) in [5.74, 6) is 0. The number of nitrogens with zero attached hydrogens (tertiary/aromatic N) is 2. The second kappa shape index (κ2) is 9.28. The summed E-state index contributed by atoms with van der Waals surface area (Å²) in [5.41, 5.74) is 4.87. The summed E-state index contributed by atoms with van der Waals surface area (Å²) in [5, 5.41) is 11.9. The molecule has 0 aliphatic rings. The number of aromatic nitrogens is 1. The van der Waals surface area contributed by atoms with Crippen molar-refractivity contribution in [2.75, 3.05) is 5.32 Å². The molecular weight excluding hydrogens is 386 g/mol. The van der Waals surface area contributed by atoms with Gasteiger partial charge < -0.3 is 10.6 Å². The molecule has 0 unspecified atom stereocenters. The molecule has 0 bridgehead atoms. The van der Waals surface area contributed by atoms with Gasteiger partial charge in [0.1, 0.15) is 0 Å². The Bertz CT molecular complexity index is 881. The highest BCUT2D eigenvalue weighted by atomic mass is 35.5. The van der Waals surface area contributed by atoms with E-state index >= 15 is 0 Å². The lowest BCUT2D eigenvalue weighted by molar-refractivity contribution is 0.869. The number of hydrazone groups is 1. The maximum absolute atomic E-state index is 6.16. The van der Waals surface area contributed by atoms with E-state index in [1.807, 2.05) is 60.7 Å². The summed E-state index contributed by atoms with van der Waals surface area (Å²) in [6.45, 7) is 0.634. The molecule has 0 amide bonds. The molecule has 0 aliphatic heterocycles. The van der Waals surface area contributed by atoms with Crippen LogP contribution in [0.15, 0.2) is 65.8 Å². The van der Waals surface area contributed by atoms with Crippen LogP contribution in [-0.2, 0) is 6.54 Å². The molecular formula is C18H16ClN5S2. The van der Waals surface area contributed by atoms with E-state index in [2.05, 4.69) is 26.1 Å². The molecule has 0 saturated heterocycles. The first-order chi connectivity index (χ1) is 12.7. The van der Waals surface area contributed by atoms with E-state index in [4.69, 9.17) is 23.8 Å². The fourth-order valence-electron chi connectivity index (χ4n) is 2.06. The zero-order chi connectivity index (χ0) is 18.2. The maximum Gasteiger partial charge on any atom is 0.189 e. The molecule has 3 rings (SSSR count). The lowest BCUT2D eigenvalue weighted by Gasteiger charge is -2.06. The Morgan fingerprint density at radius 1 is 1.12 bits per heavy atom. The number of benzene rings is 2. The van der Waals surface area contributed by atoms with Gasteiger partial charge in [0, 0.05) is 12.2 Å². The summed E-state index contributed by atoms with van der Waals surface area (Å²) >= 11 is 12.8. The van der Waals surface area contributed by atoms with Crippen molar-refractivity contribution in [3.05, 3.63) is 76.3 Å². The van der Waals surface area contributed by atoms with Crippen molar-refractivity contribution in [3.63, 3.8) is 0 Å². The minimum atomic E-state index is 0.391. The van der Waals surface area contributed by atoms with Crippen LogP contribution in [0.5, 0.6) is 0 Å². The van der Waals surface area contributed by atoms with Crippen LogP contribution in [0.4, 0.5) is 10.8 Å². The molecule has 0 atom stereocenters. The Hall–Kier alpha value is -2.48. The van der Waals surface area contributed by atoms with Crippen LogP contribution in [0.1, 0.15) is 10.4 Å². The first-order valence-electron chi connectivity index (χ1n) is 7.80. The number of thiocarbonyl (C=S) groups is 1. The Kier molecular flexibility index (Phi) is 6.54. The first kappa shape index (κ1) is 18.3. The maximum atomic E-state index is 6.16. The van der Waals surface area contributed by atoms with Gasteiger partial charge in [-0.25, -0.2) is 4.98 Å². The third-order valence-electron chi connectivity index (χ3n) is 3.28. The Balaban J connectivity index is 1.51. The van der Waals surface area contributed by atoms with Crippen LogP contribution in [-0.4, -0.2) is 16.3 Å². The first-order valence-corrected chi connectivity index (χ1v) is 9.40. The van der Waals surface area contributed by atoms with E-state index in [0.717, 1.165) is 16.1 Å². The summed E-state index contributed by atoms with van der Waals surface area (Å²) in [4.78, 5) is 5.02. The summed E-state index contributed by atoms with van der Waals surface area (Å²) in [6, 6.07) is 19.8. The fraction of sp³-hybridized carbons (Fsp3) is 0.0556. The smallest absolute Gasteiger partial charge is 0.189 e. The van der Waals surface area contributed by atoms with E-state index in [1.165, 1.54) is 11.3 Å². The second-order valence-electron chi connectivity index (χ2n) is 5.20. The number of para-hydroxylation sites is 1. The van der Waals surface area contributed by atoms with Crippen molar-refractivity contribution >= 4 is 57.3 Å². The van der Waals surface area contributed by atoms with Crippen molar-refractivity contribution < 1.29 is 0 Å². The molecule has 5 nitrogen and oxygen atoms in total. The number of nitrogens with one attached hydrogen (secondary N) is 3. The van der Waals surface area contributed by atoms with Gasteiger partial charge in [0.05, 0.1) is 11.1 Å². The van der Waals surface area contributed by atoms with Crippen LogP contribution in [0.25, 0.3) is 0 Å². The van der Waals surface area contributed by atoms with Gasteiger partial charge in [-0.05, 0) is 29.9 Å². The molecule has 26 heavy (non-hydrogen) atoms. The monoisotopic (exact) mass is 401 g/mol. The third-order valence-corrected chi connectivity index (χ3v) is 4.82. The number of anilines is 2. The van der Waals surface area contributed by atoms with Crippen molar-refractivity contribution in [2.45, 2.75) is 6.54 Å². The molecule has 0 saturated carbocycles. The van der Waals surface area contributed by atoms with Gasteiger partial charge in [-0.15, -0.1) is 0 Å². The largest absolute Gasteiger partial charge is 0.357 e. The van der Waals surface area contributed by atoms with Crippen molar-refractivity contribution in [1.82, 2.24) is 15.7 Å². The number of halogens is 1. The average Bonchev–Trinajstić information content (AvgIpc) is 3.01.